The fourth-order valence-corrected chi connectivity index (χ4v) is 15.4. The first-order chi connectivity index (χ1) is 56.6. The highest BCUT2D eigenvalue weighted by Gasteiger charge is 2.53. The van der Waals surface area contributed by atoms with Crippen molar-refractivity contribution in [3.8, 4) is 0 Å². The lowest BCUT2D eigenvalue weighted by Gasteiger charge is -2.42. The highest BCUT2D eigenvalue weighted by Crippen LogP contribution is 2.38. The van der Waals surface area contributed by atoms with Crippen molar-refractivity contribution in [2.75, 3.05) is 136 Å². The largest absolute Gasteiger partial charge is 0.459 e. The van der Waals surface area contributed by atoms with Gasteiger partial charge in [-0.05, 0) is 158 Å². The Morgan fingerprint density at radius 1 is 0.788 bits per heavy atom. The van der Waals surface area contributed by atoms with Crippen molar-refractivity contribution in [1.82, 2.24) is 30.1 Å². The molecule has 118 heavy (non-hydrogen) atoms. The van der Waals surface area contributed by atoms with Gasteiger partial charge < -0.3 is 115 Å². The number of Topliss-reactive ketones (excluding diaryl/α,β-unsaturated/α-hetero) is 1. The summed E-state index contributed by atoms with van der Waals surface area (Å²) in [7, 11) is 1.58. The maximum atomic E-state index is 14.5. The first-order valence-corrected chi connectivity index (χ1v) is 42.4. The number of ether oxygens (including phenoxy) is 9. The van der Waals surface area contributed by atoms with Crippen LogP contribution in [0.15, 0.2) is 69.5 Å². The van der Waals surface area contributed by atoms with E-state index in [1.165, 1.54) is 6.33 Å². The van der Waals surface area contributed by atoms with Crippen LogP contribution in [0.5, 0.6) is 0 Å². The number of oxazole rings is 1. The monoisotopic (exact) mass is 1660 g/mol. The highest BCUT2D eigenvalue weighted by molar-refractivity contribution is 6.39. The van der Waals surface area contributed by atoms with Crippen molar-refractivity contribution in [3.05, 3.63) is 71.1 Å². The molecule has 33 nitrogen and oxygen atoms in total. The van der Waals surface area contributed by atoms with Crippen LogP contribution in [0, 0.1) is 35.0 Å². The SMILES string of the molecule is CC/C=C/C=C(\C)[C@H](C[C@@H]1CC[C@@H](C)[C@](O)(C(=O)C(=O)N2CCCC[C@H]2C(=O)O[C@@H](C[C@@H](O)[C@H](C)/C=C(\C)[C@@H](O)[C@@H](O)/C(=N/OCC(=O)NCCOCCOCCOCCOCCOCCOCCCCC(=O)N2CCC(Nc3ncnc(N)c3C(=N)c3ccc4oc(N)nc4c3)CC2)[C@H](C)CC(C)C)[C@H](N)CC2CCC(O)CC2)O1)OC. The molecule has 3 amide bonds. The van der Waals surface area contributed by atoms with E-state index in [2.05, 4.69) is 30.7 Å². The predicted octanol–water partition coefficient (Wildman–Crippen LogP) is 7.05. The van der Waals surface area contributed by atoms with Gasteiger partial charge in [0, 0.05) is 94.6 Å². The molecule has 0 radical (unpaired) electrons. The van der Waals surface area contributed by atoms with Gasteiger partial charge in [-0.25, -0.2) is 14.8 Å². The van der Waals surface area contributed by atoms with Gasteiger partial charge in [-0.1, -0.05) is 71.0 Å². The number of aliphatic hydroxyl groups excluding tert-OH is 4. The number of nitrogens with two attached hydrogens (primary N) is 3. The van der Waals surface area contributed by atoms with E-state index in [1.54, 1.807) is 52.2 Å². The number of oxime groups is 1. The van der Waals surface area contributed by atoms with Gasteiger partial charge in [0.25, 0.3) is 23.6 Å². The number of nitrogens with zero attached hydrogens (tertiary/aromatic N) is 6. The molecule has 0 spiro atoms. The summed E-state index contributed by atoms with van der Waals surface area (Å²) in [6.45, 7) is 20.2. The zero-order chi connectivity index (χ0) is 85.7. The Morgan fingerprint density at radius 2 is 1.44 bits per heavy atom. The van der Waals surface area contributed by atoms with Crippen LogP contribution in [0.3, 0.4) is 0 Å². The molecule has 0 unspecified atom stereocenters. The molecular weight excluding hydrogens is 1520 g/mol. The summed E-state index contributed by atoms with van der Waals surface area (Å²) in [6.07, 6.45) is 12.2. The summed E-state index contributed by atoms with van der Waals surface area (Å²) in [5.41, 5.74) is 22.4. The quantitative estimate of drug-likeness (QED) is 0.00513. The van der Waals surface area contributed by atoms with Crippen LogP contribution < -0.4 is 27.8 Å². The number of nitrogen functional groups attached to an aromatic ring is 2. The van der Waals surface area contributed by atoms with Gasteiger partial charge in [0.15, 0.2) is 12.2 Å². The number of likely N-dealkylation sites (tertiary alicyclic amines) is 2. The number of aliphatic hydroxyl groups is 5. The number of methoxy groups -OCH3 is 1. The third-order valence-corrected chi connectivity index (χ3v) is 22.4. The molecule has 4 aliphatic rings. The number of nitrogens with one attached hydrogen (secondary N) is 3. The van der Waals surface area contributed by atoms with Crippen molar-refractivity contribution in [2.24, 2.45) is 40.5 Å². The van der Waals surface area contributed by atoms with E-state index in [1.807, 2.05) is 57.7 Å². The number of unbranched alkanes of at least 4 members (excludes halogenated alkanes) is 1. The van der Waals surface area contributed by atoms with Gasteiger partial charge in [-0.2, -0.15) is 4.98 Å². The van der Waals surface area contributed by atoms with Crippen molar-refractivity contribution in [1.29, 1.82) is 5.41 Å². The van der Waals surface area contributed by atoms with Crippen LogP contribution in [0.1, 0.15) is 189 Å². The topological polar surface area (TPSA) is 475 Å². The maximum Gasteiger partial charge on any atom is 0.329 e. The Morgan fingerprint density at radius 3 is 2.08 bits per heavy atom. The van der Waals surface area contributed by atoms with E-state index < -0.39 is 96.5 Å². The second kappa shape index (κ2) is 51.3. The molecule has 662 valence electrons. The maximum absolute atomic E-state index is 14.5. The molecule has 3 saturated heterocycles. The number of anilines is 3. The van der Waals surface area contributed by atoms with Gasteiger partial charge >= 0.3 is 5.97 Å². The number of esters is 1. The molecule has 1 saturated carbocycles. The molecular formula is C85H136N12O21. The fourth-order valence-electron chi connectivity index (χ4n) is 15.4. The van der Waals surface area contributed by atoms with Crippen LogP contribution >= 0.6 is 0 Å². The van der Waals surface area contributed by atoms with Crippen LogP contribution in [-0.2, 0) is 71.4 Å². The van der Waals surface area contributed by atoms with Crippen LogP contribution in [0.25, 0.3) is 11.1 Å². The molecule has 4 fully saturated rings. The summed E-state index contributed by atoms with van der Waals surface area (Å²) >= 11 is 0. The Labute approximate surface area is 695 Å². The van der Waals surface area contributed by atoms with Gasteiger partial charge in [0.1, 0.15) is 47.8 Å². The van der Waals surface area contributed by atoms with Gasteiger partial charge in [-0.15, -0.1) is 0 Å². The number of allylic oxidation sites excluding steroid dienone is 3. The third-order valence-electron chi connectivity index (χ3n) is 22.4. The number of rotatable bonds is 53. The smallest absolute Gasteiger partial charge is 0.329 e. The summed E-state index contributed by atoms with van der Waals surface area (Å²) in [4.78, 5) is 90.4. The number of amides is 3. The third kappa shape index (κ3) is 31.5. The number of fused-ring (bicyclic) bond motifs is 1. The van der Waals surface area contributed by atoms with Crippen molar-refractivity contribution in [2.45, 2.75) is 244 Å². The van der Waals surface area contributed by atoms with E-state index in [0.29, 0.717) is 209 Å². The zero-order valence-corrected chi connectivity index (χ0v) is 70.9. The first-order valence-electron chi connectivity index (χ1n) is 42.4. The van der Waals surface area contributed by atoms with Crippen molar-refractivity contribution in [3.63, 3.8) is 0 Å². The highest BCUT2D eigenvalue weighted by atomic mass is 16.6. The molecule has 0 bridgehead atoms. The number of hydrogen-bond acceptors (Lipinski definition) is 30. The number of piperidine rings is 2. The fraction of sp³-hybridized carbons (Fsp3) is 0.718. The van der Waals surface area contributed by atoms with E-state index in [-0.39, 0.29) is 98.2 Å². The molecule has 7 rings (SSSR count). The molecule has 1 aromatic carbocycles. The van der Waals surface area contributed by atoms with E-state index in [4.69, 9.17) is 74.5 Å². The van der Waals surface area contributed by atoms with Crippen molar-refractivity contribution < 1.29 is 101 Å². The van der Waals surface area contributed by atoms with Gasteiger partial charge in [0.2, 0.25) is 11.7 Å². The lowest BCUT2D eigenvalue weighted by molar-refractivity contribution is -0.265. The normalized spacial score (nSPS) is 22.1. The van der Waals surface area contributed by atoms with Gasteiger partial charge in [-0.3, -0.25) is 24.6 Å². The predicted molar refractivity (Wildman–Crippen MR) is 445 cm³/mol. The lowest BCUT2D eigenvalue weighted by Crippen LogP contribution is -2.61. The average Bonchev–Trinajstić information content (AvgIpc) is 0.869. The molecule has 12 atom stereocenters. The summed E-state index contributed by atoms with van der Waals surface area (Å²) < 4.78 is 57.3. The molecule has 2 aromatic heterocycles. The van der Waals surface area contributed by atoms with Crippen molar-refractivity contribution >= 4 is 69.6 Å². The second-order valence-electron chi connectivity index (χ2n) is 32.2. The summed E-state index contributed by atoms with van der Waals surface area (Å²) in [5, 5.41) is 77.0. The number of hydrogen-bond donors (Lipinski definition) is 11. The number of ketones is 1. The number of carbonyl (C=O) groups is 5. The Kier molecular flexibility index (Phi) is 42.5. The summed E-state index contributed by atoms with van der Waals surface area (Å²) in [6, 6.07) is 3.23. The second-order valence-corrected chi connectivity index (χ2v) is 32.2. The average molecular weight is 1660 g/mol. The van der Waals surface area contributed by atoms with Gasteiger partial charge in [0.05, 0.1) is 114 Å². The number of aromatic nitrogens is 3. The Hall–Kier alpha value is -7.48. The Balaban J connectivity index is 0.729. The molecule has 1 aliphatic carbocycles. The standard InChI is InChI=1S/C85H136N12O21/c1-10-11-12-17-55(4)70(108-9)50-64-26-20-59(8)85(107,118-64)79(104)82(105)97-31-15-13-18-67(97)83(106)116-71(65(86)48-60-21-24-63(98)25-22-60)51-68(99)56(5)47-58(7)77(102)78(103)76(57(6)46-54(2)3)95-115-52-72(100)90-30-35-110-37-39-112-41-43-114-45-44-113-42-40-111-38-36-109-34-16-14-19-73(101)96-32-28-62(29-33-96)93-81-74(80(88)91-53-92-81)75(87)61-23-27-69-66(49-61)94-84(89)117-69/h11-12,17,23,27,47,49,53-54,56-57,59-60,62-65,67-68,70-71,77-78,87,98-99,102-103,107H,10,13-16,18-22,24-26,28-46,48,50-52,86H2,1-9H3,(H2,89,94)(H,90,100)(H3,88,91,92,93)/b12-11+,55-17+,58-47+,87-75?,95-76+/t56-,57-,59-,60?,63?,64+,65-,67+,68-,70+,71+,77-,78+,85-/m1/s1. The van der Waals surface area contributed by atoms with Crippen LogP contribution in [-0.4, -0.2) is 277 Å². The van der Waals surface area contributed by atoms with E-state index in [0.717, 1.165) is 23.3 Å². The molecule has 3 aromatic rings. The molecule has 14 N–H and O–H groups in total. The van der Waals surface area contributed by atoms with Crippen LogP contribution in [0.2, 0.25) is 0 Å². The molecule has 3 aliphatic heterocycles. The molecule has 33 heteroatoms. The minimum atomic E-state index is -2.46. The summed E-state index contributed by atoms with van der Waals surface area (Å²) in [5.74, 6) is -6.80. The molecule has 5 heterocycles. The zero-order valence-electron chi connectivity index (χ0n) is 70.9. The Bertz CT molecular complexity index is 3700. The van der Waals surface area contributed by atoms with E-state index >= 15 is 0 Å². The number of benzene rings is 1. The van der Waals surface area contributed by atoms with E-state index in [9.17, 15) is 49.5 Å². The first kappa shape index (κ1) is 97.6. The minimum Gasteiger partial charge on any atom is -0.459 e. The lowest BCUT2D eigenvalue weighted by atomic mass is 9.81. The number of carbonyl (C=O) groups excluding carboxylic acids is 5. The van der Waals surface area contributed by atoms with Crippen LogP contribution in [0.4, 0.5) is 17.7 Å². The minimum absolute atomic E-state index is 0.0248.